The summed E-state index contributed by atoms with van der Waals surface area (Å²) in [5, 5.41) is 5.80. The van der Waals surface area contributed by atoms with E-state index in [0.29, 0.717) is 117 Å². The van der Waals surface area contributed by atoms with Gasteiger partial charge in [0, 0.05) is 29.9 Å². The van der Waals surface area contributed by atoms with Crippen molar-refractivity contribution in [3.63, 3.8) is 0 Å². The number of thiocarbonyl (C=S) groups is 1. The average Bonchev–Trinajstić information content (AvgIpc) is 4.09. The predicted molar refractivity (Wildman–Crippen MR) is 335 cm³/mol. The third-order valence-corrected chi connectivity index (χ3v) is 16.2. The monoisotopic (exact) mass is 1220 g/mol. The number of nitrogens with zero attached hydrogens (tertiary/aromatic N) is 2. The zero-order valence-corrected chi connectivity index (χ0v) is 50.3. The number of unbranched alkanes of at least 4 members (excludes halogenated alkanes) is 6. The Morgan fingerprint density at radius 1 is 0.517 bits per heavy atom. The van der Waals surface area contributed by atoms with Crippen molar-refractivity contribution in [2.45, 2.75) is 109 Å². The van der Waals surface area contributed by atoms with Crippen molar-refractivity contribution in [3.05, 3.63) is 152 Å². The van der Waals surface area contributed by atoms with Crippen LogP contribution in [0.2, 0.25) is 0 Å². The second kappa shape index (κ2) is 34.0. The zero-order chi connectivity index (χ0) is 61.2. The van der Waals surface area contributed by atoms with E-state index in [1.54, 1.807) is 71.7 Å². The molecule has 8 rings (SSSR count). The highest BCUT2D eigenvalue weighted by Gasteiger charge is 2.34. The van der Waals surface area contributed by atoms with Gasteiger partial charge >= 0.3 is 35.8 Å². The molecule has 0 aliphatic heterocycles. The van der Waals surface area contributed by atoms with Gasteiger partial charge in [0.25, 0.3) is 0 Å². The third kappa shape index (κ3) is 20.6. The number of fused-ring (bicyclic) bond motifs is 1. The van der Waals surface area contributed by atoms with Crippen LogP contribution in [0.3, 0.4) is 0 Å². The molecule has 0 radical (unpaired) electrons. The minimum atomic E-state index is -0.491. The van der Waals surface area contributed by atoms with Crippen molar-refractivity contribution in [2.75, 3.05) is 36.8 Å². The quantitative estimate of drug-likeness (QED) is 0.0103. The molecule has 87 heavy (non-hydrogen) atoms. The summed E-state index contributed by atoms with van der Waals surface area (Å²) < 4.78 is 46.4. The van der Waals surface area contributed by atoms with Crippen LogP contribution in [0.1, 0.15) is 108 Å². The predicted octanol–water partition coefficient (Wildman–Crippen LogP) is 13.2. The molecule has 2 fully saturated rings. The molecule has 0 saturated heterocycles. The SMILES string of the molecule is C=CC(=O)OCCCCCCOc1ccc(OC(=O)[C@H]2CC[C@H](C(=O)Oc3ccc(OC(=O)[C@H]4CC[C@H](C(=O)Oc5ccc(OCCCCCCOC(=O)C=C)cc5)CC4)c(CNN(C(=S)Nc4ccccc4)c4nc5ccccc5s4)c3)CC2)cc1. The molecule has 2 saturated carbocycles. The number of carbonyl (C=O) groups is 6. The molecule has 0 bridgehead atoms. The lowest BCUT2D eigenvalue weighted by atomic mass is 9.82. The van der Waals surface area contributed by atoms with Crippen molar-refractivity contribution in [1.29, 1.82) is 0 Å². The van der Waals surface area contributed by atoms with E-state index in [0.717, 1.165) is 79.4 Å². The number of carbonyl (C=O) groups excluding carboxylic acids is 6. The van der Waals surface area contributed by atoms with Gasteiger partial charge in [0.15, 0.2) is 5.11 Å². The minimum absolute atomic E-state index is 0.0480. The van der Waals surface area contributed by atoms with E-state index in [1.807, 2.05) is 54.6 Å². The van der Waals surface area contributed by atoms with E-state index in [-0.39, 0.29) is 30.0 Å². The fourth-order valence-electron chi connectivity index (χ4n) is 9.99. The number of benzene rings is 5. The van der Waals surface area contributed by atoms with Crippen LogP contribution in [-0.2, 0) is 44.8 Å². The number of rotatable bonds is 31. The molecule has 2 aliphatic rings. The van der Waals surface area contributed by atoms with Crippen molar-refractivity contribution in [1.82, 2.24) is 10.4 Å². The summed E-state index contributed by atoms with van der Waals surface area (Å²) in [6.07, 6.45) is 12.6. The lowest BCUT2D eigenvalue weighted by molar-refractivity contribution is -0.145. The highest BCUT2D eigenvalue weighted by molar-refractivity contribution is 7.80. The Kier molecular flexibility index (Phi) is 25.2. The number of aromatic nitrogens is 1. The molecule has 0 spiro atoms. The molecular weight excluding hydrogens is 1150 g/mol. The number of ether oxygens (including phenoxy) is 8. The van der Waals surface area contributed by atoms with Crippen molar-refractivity contribution < 1.29 is 66.7 Å². The van der Waals surface area contributed by atoms with Crippen LogP contribution in [-0.4, -0.2) is 72.3 Å². The number of anilines is 2. The molecular formula is C67H74N4O14S2. The molecule has 20 heteroatoms. The number of nitrogens with one attached hydrogen (secondary N) is 2. The number of hydrazine groups is 1. The topological polar surface area (TPSA) is 216 Å². The van der Waals surface area contributed by atoms with Crippen molar-refractivity contribution >= 4 is 85.5 Å². The second-order valence-electron chi connectivity index (χ2n) is 21.2. The molecule has 6 aromatic rings. The summed E-state index contributed by atoms with van der Waals surface area (Å²) in [5.74, 6) is -1.62. The molecule has 0 atom stereocenters. The lowest BCUT2D eigenvalue weighted by Gasteiger charge is -2.27. The van der Waals surface area contributed by atoms with Gasteiger partial charge in [0.1, 0.15) is 34.5 Å². The molecule has 18 nitrogen and oxygen atoms in total. The Bertz CT molecular complexity index is 3230. The Morgan fingerprint density at radius 3 is 1.43 bits per heavy atom. The van der Waals surface area contributed by atoms with Crippen LogP contribution in [0.15, 0.2) is 147 Å². The summed E-state index contributed by atoms with van der Waals surface area (Å²) in [5.41, 5.74) is 5.43. The first-order valence-electron chi connectivity index (χ1n) is 29.7. The fraction of sp³-hybridized carbons (Fsp3) is 0.373. The standard InChI is InChI=1S/C67H74N4O14S2/c1-3-60(72)80-42-16-7-5-14-40-78-52-30-34-54(35-31-52)82-62(74)46-22-24-48(25-23-46)64(76)84-56-38-39-58(50(44-56)45-68-71(66(86)69-51-18-10-9-11-19-51)67-70-57-20-12-13-21-59(57)87-67)85-65(77)49-28-26-47(27-29-49)63(75)83-55-36-32-53(33-37-55)79-41-15-6-8-17-43-81-61(73)4-2/h3-4,9-13,18-21,30-39,44,46-49,68H,1-2,5-8,14-17,22-29,40-43,45H2,(H,69,86)/t46-,47-,48-,49-. The van der Waals surface area contributed by atoms with E-state index in [9.17, 15) is 28.8 Å². The minimum Gasteiger partial charge on any atom is -0.494 e. The Hall–Kier alpha value is -8.46. The smallest absolute Gasteiger partial charge is 0.330 e. The van der Waals surface area contributed by atoms with Gasteiger partial charge in [0.2, 0.25) is 5.13 Å². The number of thiazole rings is 1. The van der Waals surface area contributed by atoms with Gasteiger partial charge < -0.3 is 43.2 Å². The van der Waals surface area contributed by atoms with Crippen molar-refractivity contribution in [2.24, 2.45) is 23.7 Å². The molecule has 0 amide bonds. The molecule has 1 heterocycles. The van der Waals surface area contributed by atoms with Gasteiger partial charge in [0.05, 0.1) is 60.3 Å². The maximum Gasteiger partial charge on any atom is 0.330 e. The first kappa shape index (κ1) is 64.5. The number of hydrogen-bond acceptors (Lipinski definition) is 18. The number of para-hydroxylation sites is 2. The van der Waals surface area contributed by atoms with Crippen LogP contribution in [0, 0.1) is 23.7 Å². The average molecular weight is 1220 g/mol. The summed E-state index contributed by atoms with van der Waals surface area (Å²) in [6, 6.07) is 35.9. The molecule has 458 valence electrons. The van der Waals surface area contributed by atoms with Crippen molar-refractivity contribution in [3.8, 4) is 34.5 Å². The van der Waals surface area contributed by atoms with Crippen LogP contribution < -0.4 is 44.2 Å². The summed E-state index contributed by atoms with van der Waals surface area (Å²) in [7, 11) is 0. The largest absolute Gasteiger partial charge is 0.494 e. The van der Waals surface area contributed by atoms with Gasteiger partial charge in [-0.2, -0.15) is 0 Å². The Morgan fingerprint density at radius 2 is 0.943 bits per heavy atom. The lowest BCUT2D eigenvalue weighted by Crippen LogP contribution is -2.45. The van der Waals surface area contributed by atoms with E-state index >= 15 is 0 Å². The summed E-state index contributed by atoms with van der Waals surface area (Å²) in [4.78, 5) is 81.8. The maximum atomic E-state index is 14.1. The van der Waals surface area contributed by atoms with Gasteiger partial charge in [-0.05, 0) is 206 Å². The highest BCUT2D eigenvalue weighted by atomic mass is 32.1. The van der Waals surface area contributed by atoms with E-state index < -0.39 is 47.5 Å². The van der Waals surface area contributed by atoms with E-state index in [2.05, 4.69) is 23.9 Å². The normalized spacial score (nSPS) is 16.3. The van der Waals surface area contributed by atoms with Gasteiger partial charge in [-0.1, -0.05) is 54.8 Å². The first-order chi connectivity index (χ1) is 42.4. The van der Waals surface area contributed by atoms with Crippen LogP contribution in [0.4, 0.5) is 10.8 Å². The Labute approximate surface area is 516 Å². The molecule has 2 aliphatic carbocycles. The van der Waals surface area contributed by atoms with E-state index in [4.69, 9.17) is 55.1 Å². The van der Waals surface area contributed by atoms with Crippen LogP contribution >= 0.6 is 23.6 Å². The van der Waals surface area contributed by atoms with E-state index in [1.165, 1.54) is 11.3 Å². The molecule has 2 N–H and O–H groups in total. The first-order valence-corrected chi connectivity index (χ1v) is 30.9. The summed E-state index contributed by atoms with van der Waals surface area (Å²) >= 11 is 7.41. The van der Waals surface area contributed by atoms with Crippen LogP contribution in [0.5, 0.6) is 34.5 Å². The zero-order valence-electron chi connectivity index (χ0n) is 48.7. The maximum absolute atomic E-state index is 14.1. The molecule has 1 aromatic heterocycles. The number of esters is 6. The van der Waals surface area contributed by atoms with Gasteiger partial charge in [-0.3, -0.25) is 19.2 Å². The highest BCUT2D eigenvalue weighted by Crippen LogP contribution is 2.36. The second-order valence-corrected chi connectivity index (χ2v) is 22.6. The summed E-state index contributed by atoms with van der Waals surface area (Å²) in [6.45, 7) is 8.61. The van der Waals surface area contributed by atoms with Gasteiger partial charge in [-0.25, -0.2) is 25.0 Å². The third-order valence-electron chi connectivity index (χ3n) is 14.9. The molecule has 0 unspecified atom stereocenters. The van der Waals surface area contributed by atoms with Crippen LogP contribution in [0.25, 0.3) is 10.2 Å². The molecule has 5 aromatic carbocycles. The number of hydrogen-bond donors (Lipinski definition) is 2. The van der Waals surface area contributed by atoms with Gasteiger partial charge in [-0.15, -0.1) is 0 Å². The fourth-order valence-corrected chi connectivity index (χ4v) is 11.3. The Balaban J connectivity index is 0.846.